The Morgan fingerprint density at radius 2 is 1.88 bits per heavy atom. The van der Waals surface area contributed by atoms with Gasteiger partial charge in [-0.25, -0.2) is 0 Å². The highest BCUT2D eigenvalue weighted by Gasteiger charge is 2.45. The first kappa shape index (κ1) is 12.4. The highest BCUT2D eigenvalue weighted by molar-refractivity contribution is 4.98. The number of hydrogen-bond donors (Lipinski definition) is 1. The number of unbranched alkanes of at least 4 members (excludes halogenated alkanes) is 1. The number of nitrogens with one attached hydrogen (secondary N) is 1. The van der Waals surface area contributed by atoms with Crippen molar-refractivity contribution in [3.63, 3.8) is 0 Å². The van der Waals surface area contributed by atoms with Crippen LogP contribution in [0.15, 0.2) is 0 Å². The van der Waals surface area contributed by atoms with Crippen LogP contribution >= 0.6 is 0 Å². The lowest BCUT2D eigenvalue weighted by Gasteiger charge is -2.47. The average molecular weight is 225 g/mol. The summed E-state index contributed by atoms with van der Waals surface area (Å²) in [6.45, 7) is 6.70. The van der Waals surface area contributed by atoms with Gasteiger partial charge in [0, 0.05) is 13.1 Å². The minimum Gasteiger partial charge on any atom is -0.366 e. The molecule has 0 amide bonds. The third-order valence-electron chi connectivity index (χ3n) is 4.47. The van der Waals surface area contributed by atoms with Crippen LogP contribution in [0.2, 0.25) is 0 Å². The van der Waals surface area contributed by atoms with Crippen LogP contribution in [0.1, 0.15) is 65.2 Å². The molecule has 1 unspecified atom stereocenters. The van der Waals surface area contributed by atoms with Crippen molar-refractivity contribution >= 4 is 0 Å². The van der Waals surface area contributed by atoms with Crippen molar-refractivity contribution in [2.75, 3.05) is 13.1 Å². The minimum atomic E-state index is 0.137. The summed E-state index contributed by atoms with van der Waals surface area (Å²) in [5, 5.41) is 3.64. The van der Waals surface area contributed by atoms with E-state index in [0.717, 1.165) is 19.5 Å². The number of rotatable bonds is 4. The fourth-order valence-electron chi connectivity index (χ4n) is 3.36. The third-order valence-corrected chi connectivity index (χ3v) is 4.47. The first-order valence-corrected chi connectivity index (χ1v) is 7.15. The highest BCUT2D eigenvalue weighted by atomic mass is 16.5. The number of hydrogen-bond acceptors (Lipinski definition) is 2. The van der Waals surface area contributed by atoms with Gasteiger partial charge >= 0.3 is 0 Å². The fourth-order valence-corrected chi connectivity index (χ4v) is 3.36. The van der Waals surface area contributed by atoms with Crippen molar-refractivity contribution in [3.05, 3.63) is 0 Å². The van der Waals surface area contributed by atoms with Crippen LogP contribution in [0, 0.1) is 0 Å². The Balaban J connectivity index is 2.02. The zero-order valence-electron chi connectivity index (χ0n) is 11.0. The smallest absolute Gasteiger partial charge is 0.0814 e. The van der Waals surface area contributed by atoms with E-state index in [-0.39, 0.29) is 11.2 Å². The fraction of sp³-hybridized carbons (Fsp3) is 1.00. The Morgan fingerprint density at radius 3 is 2.50 bits per heavy atom. The van der Waals surface area contributed by atoms with Gasteiger partial charge in [0.1, 0.15) is 0 Å². The van der Waals surface area contributed by atoms with Crippen molar-refractivity contribution in [2.45, 2.75) is 76.4 Å². The van der Waals surface area contributed by atoms with Crippen LogP contribution in [0.25, 0.3) is 0 Å². The second kappa shape index (κ2) is 5.05. The van der Waals surface area contributed by atoms with Crippen molar-refractivity contribution in [1.29, 1.82) is 0 Å². The maximum absolute atomic E-state index is 6.61. The monoisotopic (exact) mass is 225 g/mol. The van der Waals surface area contributed by atoms with E-state index in [1.165, 1.54) is 44.9 Å². The summed E-state index contributed by atoms with van der Waals surface area (Å²) in [6, 6.07) is 0. The van der Waals surface area contributed by atoms with Crippen molar-refractivity contribution < 1.29 is 4.74 Å². The zero-order valence-corrected chi connectivity index (χ0v) is 11.0. The van der Waals surface area contributed by atoms with E-state index in [9.17, 15) is 0 Å². The van der Waals surface area contributed by atoms with Gasteiger partial charge in [0.15, 0.2) is 0 Å². The molecule has 1 aliphatic heterocycles. The van der Waals surface area contributed by atoms with Gasteiger partial charge in [-0.2, -0.15) is 0 Å². The van der Waals surface area contributed by atoms with Crippen LogP contribution in [-0.2, 0) is 4.74 Å². The molecular weight excluding hydrogens is 198 g/mol. The van der Waals surface area contributed by atoms with E-state index in [2.05, 4.69) is 19.2 Å². The molecule has 2 heteroatoms. The molecule has 1 aliphatic carbocycles. The van der Waals surface area contributed by atoms with E-state index in [4.69, 9.17) is 4.74 Å². The molecule has 1 N–H and O–H groups in total. The van der Waals surface area contributed by atoms with Crippen LogP contribution < -0.4 is 5.32 Å². The van der Waals surface area contributed by atoms with Crippen molar-refractivity contribution in [1.82, 2.24) is 5.32 Å². The molecule has 16 heavy (non-hydrogen) atoms. The van der Waals surface area contributed by atoms with Gasteiger partial charge in [0.25, 0.3) is 0 Å². The molecule has 0 bridgehead atoms. The van der Waals surface area contributed by atoms with Crippen LogP contribution in [0.5, 0.6) is 0 Å². The molecule has 0 radical (unpaired) electrons. The molecule has 1 atom stereocenters. The maximum atomic E-state index is 6.61. The SMILES string of the molecule is CCCCC1(CC)CNCC2(CCCC2)O1. The summed E-state index contributed by atoms with van der Waals surface area (Å²) in [7, 11) is 0. The standard InChI is InChI=1S/C14H27NO/c1-3-5-8-13(4-2)11-15-12-14(16-13)9-6-7-10-14/h15H,3-12H2,1-2H3. The lowest BCUT2D eigenvalue weighted by molar-refractivity contribution is -0.180. The second-order valence-corrected chi connectivity index (χ2v) is 5.74. The summed E-state index contributed by atoms with van der Waals surface area (Å²) in [6.07, 6.45) is 10.2. The van der Waals surface area contributed by atoms with Gasteiger partial charge in [0.05, 0.1) is 11.2 Å². The lowest BCUT2D eigenvalue weighted by Crippen LogP contribution is -2.59. The number of ether oxygens (including phenoxy) is 1. The molecule has 0 aromatic rings. The predicted octanol–water partition coefficient (Wildman–Crippen LogP) is 3.26. The molecule has 2 rings (SSSR count). The Labute approximate surface area is 100 Å². The quantitative estimate of drug-likeness (QED) is 0.793. The predicted molar refractivity (Wildman–Crippen MR) is 67.7 cm³/mol. The van der Waals surface area contributed by atoms with E-state index in [1.54, 1.807) is 0 Å². The summed E-state index contributed by atoms with van der Waals surface area (Å²) in [4.78, 5) is 0. The molecule has 1 spiro atoms. The van der Waals surface area contributed by atoms with Crippen LogP contribution in [0.4, 0.5) is 0 Å². The van der Waals surface area contributed by atoms with E-state index in [1.807, 2.05) is 0 Å². The van der Waals surface area contributed by atoms with Gasteiger partial charge in [0.2, 0.25) is 0 Å². The third kappa shape index (κ3) is 2.43. The summed E-state index contributed by atoms with van der Waals surface area (Å²) < 4.78 is 6.61. The highest BCUT2D eigenvalue weighted by Crippen LogP contribution is 2.41. The molecular formula is C14H27NO. The first-order chi connectivity index (χ1) is 7.74. The lowest BCUT2D eigenvalue weighted by atomic mass is 9.88. The van der Waals surface area contributed by atoms with Crippen LogP contribution in [0.3, 0.4) is 0 Å². The van der Waals surface area contributed by atoms with Gasteiger partial charge in [-0.3, -0.25) is 0 Å². The second-order valence-electron chi connectivity index (χ2n) is 5.74. The summed E-state index contributed by atoms with van der Waals surface area (Å²) in [5.74, 6) is 0. The first-order valence-electron chi connectivity index (χ1n) is 7.15. The molecule has 2 aliphatic rings. The average Bonchev–Trinajstić information content (AvgIpc) is 2.75. The topological polar surface area (TPSA) is 21.3 Å². The normalized spacial score (nSPS) is 33.4. The molecule has 0 aromatic carbocycles. The Hall–Kier alpha value is -0.0800. The van der Waals surface area contributed by atoms with Crippen molar-refractivity contribution in [3.8, 4) is 0 Å². The van der Waals surface area contributed by atoms with Crippen molar-refractivity contribution in [2.24, 2.45) is 0 Å². The molecule has 2 fully saturated rings. The van der Waals surface area contributed by atoms with Gasteiger partial charge < -0.3 is 10.1 Å². The molecule has 2 nitrogen and oxygen atoms in total. The summed E-state index contributed by atoms with van der Waals surface area (Å²) in [5.41, 5.74) is 0.334. The van der Waals surface area contributed by atoms with Gasteiger partial charge in [-0.05, 0) is 25.7 Å². The van der Waals surface area contributed by atoms with Gasteiger partial charge in [-0.1, -0.05) is 39.5 Å². The molecule has 94 valence electrons. The molecule has 1 saturated carbocycles. The Kier molecular flexibility index (Phi) is 3.91. The van der Waals surface area contributed by atoms with E-state index in [0.29, 0.717) is 0 Å². The Morgan fingerprint density at radius 1 is 1.12 bits per heavy atom. The Bertz CT molecular complexity index is 223. The molecule has 0 aromatic heterocycles. The zero-order chi connectivity index (χ0) is 11.5. The van der Waals surface area contributed by atoms with E-state index >= 15 is 0 Å². The molecule has 1 heterocycles. The number of morpholine rings is 1. The van der Waals surface area contributed by atoms with E-state index < -0.39 is 0 Å². The maximum Gasteiger partial charge on any atom is 0.0814 e. The summed E-state index contributed by atoms with van der Waals surface area (Å²) >= 11 is 0. The minimum absolute atomic E-state index is 0.137. The van der Waals surface area contributed by atoms with Gasteiger partial charge in [-0.15, -0.1) is 0 Å². The largest absolute Gasteiger partial charge is 0.366 e. The molecule has 1 saturated heterocycles. The van der Waals surface area contributed by atoms with Crippen LogP contribution in [-0.4, -0.2) is 24.3 Å².